The second-order valence-electron chi connectivity index (χ2n) is 7.98. The number of nitrogens with one attached hydrogen (secondary N) is 1. The van der Waals surface area contributed by atoms with Gasteiger partial charge in [0.05, 0.1) is 19.8 Å². The number of carbonyl (C=O) groups excluding carboxylic acids is 1. The summed E-state index contributed by atoms with van der Waals surface area (Å²) in [5.74, 6) is 2.00. The molecule has 1 aliphatic heterocycles. The zero-order chi connectivity index (χ0) is 22.8. The normalized spacial score (nSPS) is 15.1. The van der Waals surface area contributed by atoms with Gasteiger partial charge in [-0.25, -0.2) is 0 Å². The lowest BCUT2D eigenvalue weighted by molar-refractivity contribution is 0.0487. The van der Waals surface area contributed by atoms with Crippen LogP contribution in [-0.2, 0) is 10.2 Å². The van der Waals surface area contributed by atoms with Crippen molar-refractivity contribution >= 4 is 5.91 Å². The first-order valence-corrected chi connectivity index (χ1v) is 11.6. The first-order chi connectivity index (χ1) is 15.6. The number of ether oxygens (including phenoxy) is 4. The van der Waals surface area contributed by atoms with Crippen LogP contribution in [0.5, 0.6) is 17.2 Å². The fourth-order valence-electron chi connectivity index (χ4n) is 4.00. The summed E-state index contributed by atoms with van der Waals surface area (Å²) in [7, 11) is 0. The van der Waals surface area contributed by atoms with Crippen molar-refractivity contribution in [2.75, 3.05) is 39.6 Å². The number of carbonyl (C=O) groups is 1. The standard InChI is InChI=1S/C26H35NO5/c1-4-15-32-23-12-7-20(18-24(23)31-6-3)25(28)27-19-26(13-16-29-17-14-26)21-8-10-22(11-9-21)30-5-2/h7-12,18H,4-6,13-17,19H2,1-3H3,(H,27,28). The average molecular weight is 442 g/mol. The van der Waals surface area contributed by atoms with E-state index in [9.17, 15) is 4.79 Å². The van der Waals surface area contributed by atoms with Crippen LogP contribution in [0.1, 0.15) is 56.0 Å². The topological polar surface area (TPSA) is 66.0 Å². The highest BCUT2D eigenvalue weighted by atomic mass is 16.5. The van der Waals surface area contributed by atoms with E-state index in [4.69, 9.17) is 18.9 Å². The molecule has 1 fully saturated rings. The Hall–Kier alpha value is -2.73. The maximum atomic E-state index is 13.0. The van der Waals surface area contributed by atoms with Gasteiger partial charge >= 0.3 is 0 Å². The molecule has 0 saturated carbocycles. The van der Waals surface area contributed by atoms with Crippen molar-refractivity contribution in [3.05, 3.63) is 53.6 Å². The third kappa shape index (κ3) is 5.94. The lowest BCUT2D eigenvalue weighted by Crippen LogP contribution is -2.44. The summed E-state index contributed by atoms with van der Waals surface area (Å²) in [5.41, 5.74) is 1.60. The number of hydrogen-bond acceptors (Lipinski definition) is 5. The van der Waals surface area contributed by atoms with Crippen LogP contribution in [0.2, 0.25) is 0 Å². The van der Waals surface area contributed by atoms with Crippen LogP contribution in [-0.4, -0.2) is 45.5 Å². The lowest BCUT2D eigenvalue weighted by atomic mass is 9.74. The maximum Gasteiger partial charge on any atom is 0.251 e. The van der Waals surface area contributed by atoms with Crippen molar-refractivity contribution in [2.24, 2.45) is 0 Å². The van der Waals surface area contributed by atoms with Crippen molar-refractivity contribution in [2.45, 2.75) is 45.4 Å². The van der Waals surface area contributed by atoms with Gasteiger partial charge in [-0.1, -0.05) is 19.1 Å². The molecule has 6 heteroatoms. The Morgan fingerprint density at radius 1 is 0.938 bits per heavy atom. The molecule has 0 spiro atoms. The predicted molar refractivity (Wildman–Crippen MR) is 125 cm³/mol. The van der Waals surface area contributed by atoms with Crippen LogP contribution >= 0.6 is 0 Å². The monoisotopic (exact) mass is 441 g/mol. The van der Waals surface area contributed by atoms with E-state index in [1.165, 1.54) is 5.56 Å². The molecule has 1 N–H and O–H groups in total. The Morgan fingerprint density at radius 3 is 2.31 bits per heavy atom. The summed E-state index contributed by atoms with van der Waals surface area (Å²) >= 11 is 0. The van der Waals surface area contributed by atoms with Gasteiger partial charge in [-0.05, 0) is 69.0 Å². The molecule has 1 saturated heterocycles. The molecular weight excluding hydrogens is 406 g/mol. The highest BCUT2D eigenvalue weighted by Crippen LogP contribution is 2.35. The highest BCUT2D eigenvalue weighted by Gasteiger charge is 2.35. The van der Waals surface area contributed by atoms with Gasteiger partial charge < -0.3 is 24.3 Å². The minimum absolute atomic E-state index is 0.121. The fourth-order valence-corrected chi connectivity index (χ4v) is 4.00. The van der Waals surface area contributed by atoms with Crippen molar-refractivity contribution in [1.29, 1.82) is 0 Å². The van der Waals surface area contributed by atoms with Gasteiger partial charge in [0.15, 0.2) is 11.5 Å². The molecule has 0 radical (unpaired) electrons. The van der Waals surface area contributed by atoms with E-state index >= 15 is 0 Å². The SMILES string of the molecule is CCCOc1ccc(C(=O)NCC2(c3ccc(OCC)cc3)CCOCC2)cc1OCC. The van der Waals surface area contributed by atoms with Gasteiger partial charge in [-0.15, -0.1) is 0 Å². The number of benzene rings is 2. The Bertz CT molecular complexity index is 859. The van der Waals surface area contributed by atoms with Gasteiger partial charge in [0.25, 0.3) is 5.91 Å². The van der Waals surface area contributed by atoms with Crippen molar-refractivity contribution < 1.29 is 23.7 Å². The summed E-state index contributed by atoms with van der Waals surface area (Å²) in [6.45, 7) is 9.61. The Balaban J connectivity index is 1.74. The Kier molecular flexibility index (Phi) is 8.80. The van der Waals surface area contributed by atoms with Crippen molar-refractivity contribution in [1.82, 2.24) is 5.32 Å². The summed E-state index contributed by atoms with van der Waals surface area (Å²) in [5, 5.41) is 3.16. The van der Waals surface area contributed by atoms with E-state index in [1.807, 2.05) is 32.0 Å². The molecular formula is C26H35NO5. The number of rotatable bonds is 11. The molecule has 0 unspecified atom stereocenters. The summed E-state index contributed by atoms with van der Waals surface area (Å²) in [6.07, 6.45) is 2.62. The molecule has 1 heterocycles. The van der Waals surface area contributed by atoms with Crippen LogP contribution in [0.4, 0.5) is 0 Å². The molecule has 0 aliphatic carbocycles. The molecule has 2 aromatic carbocycles. The van der Waals surface area contributed by atoms with Gasteiger partial charge in [-0.2, -0.15) is 0 Å². The van der Waals surface area contributed by atoms with Crippen LogP contribution in [0.15, 0.2) is 42.5 Å². The molecule has 0 bridgehead atoms. The van der Waals surface area contributed by atoms with Crippen LogP contribution < -0.4 is 19.5 Å². The maximum absolute atomic E-state index is 13.0. The van der Waals surface area contributed by atoms with Gasteiger partial charge in [0, 0.05) is 30.7 Å². The minimum atomic E-state index is -0.161. The molecule has 32 heavy (non-hydrogen) atoms. The second kappa shape index (κ2) is 11.8. The summed E-state index contributed by atoms with van der Waals surface area (Å²) in [4.78, 5) is 13.0. The van der Waals surface area contributed by atoms with Gasteiger partial charge in [0.2, 0.25) is 0 Å². The van der Waals surface area contributed by atoms with Crippen molar-refractivity contribution in [3.63, 3.8) is 0 Å². The average Bonchev–Trinajstić information content (AvgIpc) is 2.83. The second-order valence-corrected chi connectivity index (χ2v) is 7.98. The quantitative estimate of drug-likeness (QED) is 0.545. The molecule has 1 amide bonds. The zero-order valence-electron chi connectivity index (χ0n) is 19.4. The molecule has 174 valence electrons. The summed E-state index contributed by atoms with van der Waals surface area (Å²) < 4.78 is 22.7. The molecule has 6 nitrogen and oxygen atoms in total. The lowest BCUT2D eigenvalue weighted by Gasteiger charge is -2.38. The third-order valence-electron chi connectivity index (χ3n) is 5.78. The molecule has 3 rings (SSSR count). The minimum Gasteiger partial charge on any atom is -0.494 e. The number of hydrogen-bond donors (Lipinski definition) is 1. The zero-order valence-corrected chi connectivity index (χ0v) is 19.4. The van der Waals surface area contributed by atoms with E-state index < -0.39 is 0 Å². The fraction of sp³-hybridized carbons (Fsp3) is 0.500. The smallest absolute Gasteiger partial charge is 0.251 e. The molecule has 1 aliphatic rings. The molecule has 0 aromatic heterocycles. The van der Waals surface area contributed by atoms with Crippen LogP contribution in [0.3, 0.4) is 0 Å². The first kappa shape index (κ1) is 23.9. The molecule has 2 aromatic rings. The van der Waals surface area contributed by atoms with E-state index in [2.05, 4.69) is 24.4 Å². The Morgan fingerprint density at radius 2 is 1.66 bits per heavy atom. The van der Waals surface area contributed by atoms with E-state index in [0.29, 0.717) is 56.6 Å². The number of amides is 1. The van der Waals surface area contributed by atoms with Crippen molar-refractivity contribution in [3.8, 4) is 17.2 Å². The largest absolute Gasteiger partial charge is 0.494 e. The molecule has 0 atom stereocenters. The van der Waals surface area contributed by atoms with Gasteiger partial charge in [0.1, 0.15) is 5.75 Å². The van der Waals surface area contributed by atoms with Gasteiger partial charge in [-0.3, -0.25) is 4.79 Å². The predicted octanol–water partition coefficient (Wildman–Crippen LogP) is 4.75. The third-order valence-corrected chi connectivity index (χ3v) is 5.78. The first-order valence-electron chi connectivity index (χ1n) is 11.6. The summed E-state index contributed by atoms with van der Waals surface area (Å²) in [6, 6.07) is 13.6. The van der Waals surface area contributed by atoms with E-state index in [-0.39, 0.29) is 11.3 Å². The van der Waals surface area contributed by atoms with Crippen LogP contribution in [0, 0.1) is 0 Å². The Labute approximate surface area is 191 Å². The van der Waals surface area contributed by atoms with E-state index in [1.54, 1.807) is 12.1 Å². The van der Waals surface area contributed by atoms with Crippen LogP contribution in [0.25, 0.3) is 0 Å². The van der Waals surface area contributed by atoms with E-state index in [0.717, 1.165) is 25.0 Å². The highest BCUT2D eigenvalue weighted by molar-refractivity contribution is 5.95.